The van der Waals surface area contributed by atoms with E-state index in [1.54, 1.807) is 7.11 Å². The van der Waals surface area contributed by atoms with Crippen LogP contribution < -0.4 is 24.7 Å². The van der Waals surface area contributed by atoms with Crippen molar-refractivity contribution >= 4 is 50.7 Å². The molecule has 0 spiro atoms. The quantitative estimate of drug-likeness (QED) is 0.349. The van der Waals surface area contributed by atoms with Crippen LogP contribution in [0.3, 0.4) is 0 Å². The van der Waals surface area contributed by atoms with Crippen LogP contribution in [0.2, 0.25) is 0 Å². The van der Waals surface area contributed by atoms with Crippen molar-refractivity contribution in [3.63, 3.8) is 0 Å². The van der Waals surface area contributed by atoms with Crippen molar-refractivity contribution in [1.82, 2.24) is 14.6 Å². The number of benzene rings is 1. The molecule has 4 heterocycles. The first-order chi connectivity index (χ1) is 17.4. The molecule has 37 heavy (non-hydrogen) atoms. The Bertz CT molecular complexity index is 1410. The van der Waals surface area contributed by atoms with Crippen molar-refractivity contribution in [1.29, 1.82) is 0 Å². The van der Waals surface area contributed by atoms with E-state index in [4.69, 9.17) is 24.0 Å². The van der Waals surface area contributed by atoms with Gasteiger partial charge < -0.3 is 23.8 Å². The highest BCUT2D eigenvalue weighted by atomic mass is 16.6. The van der Waals surface area contributed by atoms with Crippen molar-refractivity contribution in [3.05, 3.63) is 51.9 Å². The summed E-state index contributed by atoms with van der Waals surface area (Å²) in [5.41, 5.74) is 1.84. The van der Waals surface area contributed by atoms with E-state index in [1.165, 1.54) is 16.8 Å². The maximum Gasteiger partial charge on any atom is 0.274 e. The summed E-state index contributed by atoms with van der Waals surface area (Å²) in [5, 5.41) is 3.78. The maximum atomic E-state index is 12.5. The molecule has 5 rings (SSSR count). The normalized spacial score (nSPS) is 19.5. The third-order valence-electron chi connectivity index (χ3n) is 7.94. The van der Waals surface area contributed by atoms with E-state index in [2.05, 4.69) is 17.7 Å². The highest BCUT2D eigenvalue weighted by molar-refractivity contribution is 6.53. The van der Waals surface area contributed by atoms with E-state index in [9.17, 15) is 4.79 Å². The van der Waals surface area contributed by atoms with Crippen LogP contribution in [0.4, 0.5) is 5.82 Å². The molecule has 0 radical (unpaired) electrons. The fourth-order valence-corrected chi connectivity index (χ4v) is 4.87. The van der Waals surface area contributed by atoms with Crippen LogP contribution in [0.1, 0.15) is 24.0 Å². The second kappa shape index (κ2) is 9.08. The summed E-state index contributed by atoms with van der Waals surface area (Å²) >= 11 is 0. The number of ether oxygens (including phenoxy) is 4. The summed E-state index contributed by atoms with van der Waals surface area (Å²) in [6, 6.07) is 7.22. The standard InChI is InChI=1S/C23H31B5N4O5/c1-13-15(12-34-2)20(30-32-18(33)5-8-29-19(13)32)31-9-6-21(24,7-10-31)35-14-3-4-16-17(11-14)37-23(27,28)22(25,26)36-16/h3-5,8,11H,6-7,9-10,12,24-28H2,1-2H3. The lowest BCUT2D eigenvalue weighted by molar-refractivity contribution is 0.0603. The zero-order chi connectivity index (χ0) is 26.6. The summed E-state index contributed by atoms with van der Waals surface area (Å²) in [6.45, 7) is 3.81. The summed E-state index contributed by atoms with van der Waals surface area (Å²) in [5.74, 6) is 2.94. The molecule has 0 amide bonds. The SMILES string of the molecule is BC1(Oc2ccc3c(c2)OC(B)(B)C(B)(B)O3)CCN(c2nn3c(=O)ccnc3c(C)c2COC)CC1. The Morgan fingerprint density at radius 2 is 1.70 bits per heavy atom. The van der Waals surface area contributed by atoms with Gasteiger partial charge >= 0.3 is 0 Å². The van der Waals surface area contributed by atoms with Gasteiger partial charge in [0.05, 0.1) is 22.9 Å². The summed E-state index contributed by atoms with van der Waals surface area (Å²) in [4.78, 5) is 19.1. The maximum absolute atomic E-state index is 12.5. The molecule has 1 aromatic carbocycles. The number of anilines is 1. The molecule has 1 fully saturated rings. The van der Waals surface area contributed by atoms with Crippen molar-refractivity contribution in [2.24, 2.45) is 0 Å². The molecule has 0 atom stereocenters. The van der Waals surface area contributed by atoms with Crippen molar-refractivity contribution in [2.75, 3.05) is 25.1 Å². The monoisotopic (exact) mass is 498 g/mol. The predicted molar refractivity (Wildman–Crippen MR) is 155 cm³/mol. The van der Waals surface area contributed by atoms with Gasteiger partial charge in [0.15, 0.2) is 30.8 Å². The fraction of sp³-hybridized carbons (Fsp3) is 0.435. The Labute approximate surface area is 221 Å². The first-order valence-electron chi connectivity index (χ1n) is 12.8. The Kier molecular flexibility index (Phi) is 6.29. The molecule has 0 bridgehead atoms. The topological polar surface area (TPSA) is 87.4 Å². The molecular formula is C23H31B5N4O5. The highest BCUT2D eigenvalue weighted by Crippen LogP contribution is 2.42. The van der Waals surface area contributed by atoms with Crippen molar-refractivity contribution < 1.29 is 18.9 Å². The van der Waals surface area contributed by atoms with Gasteiger partial charge in [-0.3, -0.25) is 4.79 Å². The van der Waals surface area contributed by atoms with E-state index in [-0.39, 0.29) is 11.1 Å². The second-order valence-corrected chi connectivity index (χ2v) is 11.3. The van der Waals surface area contributed by atoms with Gasteiger partial charge in [-0.05, 0) is 31.9 Å². The molecule has 0 N–H and O–H groups in total. The Hall–Kier alpha value is -3.01. The predicted octanol–water partition coefficient (Wildman–Crippen LogP) is -2.84. The molecule has 0 saturated carbocycles. The van der Waals surface area contributed by atoms with Gasteiger partial charge in [-0.1, -0.05) is 0 Å². The Morgan fingerprint density at radius 1 is 1.03 bits per heavy atom. The zero-order valence-corrected chi connectivity index (χ0v) is 22.8. The smallest absolute Gasteiger partial charge is 0.274 e. The molecule has 14 heteroatoms. The first-order valence-corrected chi connectivity index (χ1v) is 12.8. The second-order valence-electron chi connectivity index (χ2n) is 11.3. The molecule has 9 nitrogen and oxygen atoms in total. The van der Waals surface area contributed by atoms with Gasteiger partial charge in [0, 0.05) is 49.7 Å². The molecule has 0 aliphatic carbocycles. The number of hydrogen-bond acceptors (Lipinski definition) is 8. The lowest BCUT2D eigenvalue weighted by Gasteiger charge is -2.47. The van der Waals surface area contributed by atoms with Crippen molar-refractivity contribution in [2.45, 2.75) is 42.7 Å². The number of methoxy groups -OCH3 is 1. The van der Waals surface area contributed by atoms with Crippen LogP contribution >= 0.6 is 0 Å². The Balaban J connectivity index is 1.36. The van der Waals surface area contributed by atoms with E-state index in [0.717, 1.165) is 54.4 Å². The number of piperidine rings is 1. The van der Waals surface area contributed by atoms with E-state index in [1.807, 2.05) is 56.5 Å². The van der Waals surface area contributed by atoms with E-state index in [0.29, 0.717) is 18.0 Å². The van der Waals surface area contributed by atoms with Crippen LogP contribution in [0.25, 0.3) is 5.65 Å². The van der Waals surface area contributed by atoms with Gasteiger partial charge in [-0.25, -0.2) is 4.98 Å². The average molecular weight is 498 g/mol. The van der Waals surface area contributed by atoms with Crippen LogP contribution in [-0.4, -0.2) is 90.3 Å². The van der Waals surface area contributed by atoms with E-state index < -0.39 is 10.8 Å². The van der Waals surface area contributed by atoms with Crippen LogP contribution in [0.5, 0.6) is 17.2 Å². The van der Waals surface area contributed by atoms with E-state index >= 15 is 0 Å². The fourth-order valence-electron chi connectivity index (χ4n) is 4.87. The molecule has 2 aliphatic rings. The molecule has 2 aromatic heterocycles. The number of rotatable bonds is 5. The van der Waals surface area contributed by atoms with Gasteiger partial charge in [-0.2, -0.15) is 4.52 Å². The minimum absolute atomic E-state index is 0.200. The molecule has 1 saturated heterocycles. The zero-order valence-electron chi connectivity index (χ0n) is 22.8. The summed E-state index contributed by atoms with van der Waals surface area (Å²) < 4.78 is 25.9. The third kappa shape index (κ3) is 4.60. The summed E-state index contributed by atoms with van der Waals surface area (Å²) in [6.07, 6.45) is 3.09. The average Bonchev–Trinajstić information content (AvgIpc) is 2.82. The summed E-state index contributed by atoms with van der Waals surface area (Å²) in [7, 11) is 11.9. The van der Waals surface area contributed by atoms with Crippen LogP contribution in [-0.2, 0) is 11.3 Å². The number of aromatic nitrogens is 3. The van der Waals surface area contributed by atoms with Crippen LogP contribution in [0, 0.1) is 6.92 Å². The Morgan fingerprint density at radius 3 is 2.38 bits per heavy atom. The molecular weight excluding hydrogens is 466 g/mol. The highest BCUT2D eigenvalue weighted by Gasteiger charge is 2.44. The number of nitrogens with zero attached hydrogens (tertiary/aromatic N) is 4. The number of hydrogen-bond donors (Lipinski definition) is 0. The molecule has 0 unspecified atom stereocenters. The minimum Gasteiger partial charge on any atom is -0.499 e. The third-order valence-corrected chi connectivity index (χ3v) is 7.94. The largest absolute Gasteiger partial charge is 0.499 e. The minimum atomic E-state index is -0.476. The van der Waals surface area contributed by atoms with Gasteiger partial charge in [0.2, 0.25) is 0 Å². The van der Waals surface area contributed by atoms with Gasteiger partial charge in [0.25, 0.3) is 5.56 Å². The molecule has 3 aromatic rings. The molecule has 2 aliphatic heterocycles. The van der Waals surface area contributed by atoms with Gasteiger partial charge in [-0.15, -0.1) is 5.10 Å². The first kappa shape index (κ1) is 25.6. The van der Waals surface area contributed by atoms with Gasteiger partial charge in [0.1, 0.15) is 37.1 Å². The molecule has 188 valence electrons. The van der Waals surface area contributed by atoms with Crippen LogP contribution in [0.15, 0.2) is 35.3 Å². The number of aryl methyl sites for hydroxylation is 1. The lowest BCUT2D eigenvalue weighted by atomic mass is 9.41. The lowest BCUT2D eigenvalue weighted by Crippen LogP contribution is -2.65. The van der Waals surface area contributed by atoms with Crippen molar-refractivity contribution in [3.8, 4) is 17.2 Å². The number of fused-ring (bicyclic) bond motifs is 2.